The van der Waals surface area contributed by atoms with Crippen molar-refractivity contribution in [3.05, 3.63) is 35.4 Å². The normalized spacial score (nSPS) is 16.4. The van der Waals surface area contributed by atoms with Crippen LogP contribution in [-0.4, -0.2) is 43.6 Å². The number of rotatable bonds is 7. The minimum Gasteiger partial charge on any atom is -0.357 e. The molecule has 0 amide bonds. The molecule has 1 unspecified atom stereocenters. The summed E-state index contributed by atoms with van der Waals surface area (Å²) in [6.45, 7) is 9.28. The zero-order valence-electron chi connectivity index (χ0n) is 15.0. The van der Waals surface area contributed by atoms with Crippen molar-refractivity contribution in [2.45, 2.75) is 33.2 Å². The molecule has 0 bridgehead atoms. The van der Waals surface area contributed by atoms with E-state index in [4.69, 9.17) is 0 Å². The molecular weight excluding hydrogens is 437 g/mol. The molecule has 25 heavy (non-hydrogen) atoms. The Kier molecular flexibility index (Phi) is 10.3. The van der Waals surface area contributed by atoms with Gasteiger partial charge in [0.25, 0.3) is 0 Å². The lowest BCUT2D eigenvalue weighted by Gasteiger charge is -2.21. The van der Waals surface area contributed by atoms with E-state index in [1.807, 2.05) is 6.92 Å². The minimum absolute atomic E-state index is 0. The molecule has 2 N–H and O–H groups in total. The van der Waals surface area contributed by atoms with Gasteiger partial charge in [0.15, 0.2) is 5.96 Å². The smallest absolute Gasteiger partial charge is 0.191 e. The SMILES string of the molecule is CCNC(=NCc1cc(F)ccc1F)NCC(C)CN1CCCC1.I. The van der Waals surface area contributed by atoms with E-state index in [0.29, 0.717) is 11.9 Å². The van der Waals surface area contributed by atoms with Crippen molar-refractivity contribution >= 4 is 29.9 Å². The van der Waals surface area contributed by atoms with Crippen molar-refractivity contribution in [3.8, 4) is 0 Å². The van der Waals surface area contributed by atoms with Crippen molar-refractivity contribution in [1.29, 1.82) is 0 Å². The molecule has 142 valence electrons. The number of likely N-dealkylation sites (tertiary alicyclic amines) is 1. The fraction of sp³-hybridized carbons (Fsp3) is 0.611. The molecule has 1 heterocycles. The van der Waals surface area contributed by atoms with Gasteiger partial charge < -0.3 is 15.5 Å². The third kappa shape index (κ3) is 7.85. The van der Waals surface area contributed by atoms with Gasteiger partial charge in [0, 0.05) is 25.2 Å². The van der Waals surface area contributed by atoms with Gasteiger partial charge in [-0.15, -0.1) is 24.0 Å². The number of nitrogens with one attached hydrogen (secondary N) is 2. The first-order valence-corrected chi connectivity index (χ1v) is 8.77. The summed E-state index contributed by atoms with van der Waals surface area (Å²) < 4.78 is 26.9. The molecule has 0 radical (unpaired) electrons. The van der Waals surface area contributed by atoms with Crippen molar-refractivity contribution in [3.63, 3.8) is 0 Å². The molecule has 7 heteroatoms. The van der Waals surface area contributed by atoms with Crippen LogP contribution in [0.15, 0.2) is 23.2 Å². The highest BCUT2D eigenvalue weighted by Gasteiger charge is 2.14. The Labute approximate surface area is 166 Å². The highest BCUT2D eigenvalue weighted by atomic mass is 127. The first kappa shape index (κ1) is 22.1. The summed E-state index contributed by atoms with van der Waals surface area (Å²) in [6.07, 6.45) is 2.59. The largest absolute Gasteiger partial charge is 0.357 e. The van der Waals surface area contributed by atoms with Crippen LogP contribution in [0.25, 0.3) is 0 Å². The van der Waals surface area contributed by atoms with Crippen LogP contribution < -0.4 is 10.6 Å². The van der Waals surface area contributed by atoms with Crippen LogP contribution in [-0.2, 0) is 6.54 Å². The summed E-state index contributed by atoms with van der Waals surface area (Å²) in [4.78, 5) is 6.85. The Balaban J connectivity index is 0.00000312. The molecule has 1 saturated heterocycles. The van der Waals surface area contributed by atoms with E-state index in [2.05, 4.69) is 27.4 Å². The van der Waals surface area contributed by atoms with Crippen LogP contribution in [0.3, 0.4) is 0 Å². The van der Waals surface area contributed by atoms with E-state index in [0.717, 1.165) is 31.8 Å². The van der Waals surface area contributed by atoms with Gasteiger partial charge in [0.2, 0.25) is 0 Å². The van der Waals surface area contributed by atoms with Crippen LogP contribution in [0.1, 0.15) is 32.3 Å². The summed E-state index contributed by atoms with van der Waals surface area (Å²) in [7, 11) is 0. The van der Waals surface area contributed by atoms with Gasteiger partial charge in [-0.3, -0.25) is 0 Å². The van der Waals surface area contributed by atoms with Crippen molar-refractivity contribution in [1.82, 2.24) is 15.5 Å². The second-order valence-electron chi connectivity index (χ2n) is 6.42. The molecule has 1 atom stereocenters. The van der Waals surface area contributed by atoms with Gasteiger partial charge in [0.1, 0.15) is 11.6 Å². The highest BCUT2D eigenvalue weighted by Crippen LogP contribution is 2.11. The molecule has 2 rings (SSSR count). The predicted octanol–water partition coefficient (Wildman–Crippen LogP) is 3.37. The first-order chi connectivity index (χ1) is 11.6. The number of aliphatic imine (C=N–C) groups is 1. The minimum atomic E-state index is -0.446. The Morgan fingerprint density at radius 3 is 2.64 bits per heavy atom. The lowest BCUT2D eigenvalue weighted by atomic mass is 10.1. The van der Waals surface area contributed by atoms with Crippen LogP contribution >= 0.6 is 24.0 Å². The van der Waals surface area contributed by atoms with Crippen molar-refractivity contribution in [2.75, 3.05) is 32.7 Å². The summed E-state index contributed by atoms with van der Waals surface area (Å²) in [5.74, 6) is 0.254. The van der Waals surface area contributed by atoms with Gasteiger partial charge in [-0.05, 0) is 57.0 Å². The molecule has 0 aromatic heterocycles. The van der Waals surface area contributed by atoms with E-state index in [-0.39, 0.29) is 36.1 Å². The molecular formula is C18H29F2IN4. The summed E-state index contributed by atoms with van der Waals surface area (Å²) in [6, 6.07) is 3.45. The maximum atomic E-state index is 13.7. The Morgan fingerprint density at radius 2 is 1.96 bits per heavy atom. The third-order valence-electron chi connectivity index (χ3n) is 4.15. The van der Waals surface area contributed by atoms with E-state index in [9.17, 15) is 8.78 Å². The lowest BCUT2D eigenvalue weighted by Crippen LogP contribution is -2.41. The van der Waals surface area contributed by atoms with Gasteiger partial charge in [0.05, 0.1) is 6.54 Å². The van der Waals surface area contributed by atoms with Crippen LogP contribution in [0.5, 0.6) is 0 Å². The molecule has 1 fully saturated rings. The average Bonchev–Trinajstić information content (AvgIpc) is 3.06. The second-order valence-corrected chi connectivity index (χ2v) is 6.42. The van der Waals surface area contributed by atoms with E-state index < -0.39 is 11.6 Å². The molecule has 0 spiro atoms. The fourth-order valence-corrected chi connectivity index (χ4v) is 2.91. The summed E-state index contributed by atoms with van der Waals surface area (Å²) >= 11 is 0. The maximum absolute atomic E-state index is 13.7. The van der Waals surface area contributed by atoms with Crippen molar-refractivity contribution < 1.29 is 8.78 Å². The molecule has 1 aromatic carbocycles. The standard InChI is InChI=1S/C18H28F2N4.HI/c1-3-21-18(22-11-14(2)13-24-8-4-5-9-24)23-12-15-10-16(19)6-7-17(15)20;/h6-7,10,14H,3-5,8-9,11-13H2,1-2H3,(H2,21,22,23);1H. The first-order valence-electron chi connectivity index (χ1n) is 8.77. The number of guanidine groups is 1. The highest BCUT2D eigenvalue weighted by molar-refractivity contribution is 14.0. The van der Waals surface area contributed by atoms with Gasteiger partial charge in [-0.1, -0.05) is 6.92 Å². The quantitative estimate of drug-likeness (QED) is 0.368. The maximum Gasteiger partial charge on any atom is 0.191 e. The number of hydrogen-bond acceptors (Lipinski definition) is 2. The molecule has 1 aliphatic rings. The monoisotopic (exact) mass is 466 g/mol. The van der Waals surface area contributed by atoms with E-state index >= 15 is 0 Å². The third-order valence-corrected chi connectivity index (χ3v) is 4.15. The fourth-order valence-electron chi connectivity index (χ4n) is 2.91. The summed E-state index contributed by atoms with van der Waals surface area (Å²) in [5, 5.41) is 6.44. The van der Waals surface area contributed by atoms with E-state index in [1.54, 1.807) is 0 Å². The van der Waals surface area contributed by atoms with Gasteiger partial charge in [-0.2, -0.15) is 0 Å². The zero-order chi connectivity index (χ0) is 17.4. The summed E-state index contributed by atoms with van der Waals surface area (Å²) in [5.41, 5.74) is 0.261. The van der Waals surface area contributed by atoms with Gasteiger partial charge in [-0.25, -0.2) is 13.8 Å². The Hall–Kier alpha value is -0.960. The predicted molar refractivity (Wildman–Crippen MR) is 109 cm³/mol. The molecule has 1 aromatic rings. The molecule has 0 saturated carbocycles. The molecule has 4 nitrogen and oxygen atoms in total. The van der Waals surface area contributed by atoms with Crippen LogP contribution in [0.2, 0.25) is 0 Å². The topological polar surface area (TPSA) is 39.7 Å². The van der Waals surface area contributed by atoms with Crippen LogP contribution in [0.4, 0.5) is 8.78 Å². The molecule has 0 aliphatic carbocycles. The van der Waals surface area contributed by atoms with E-state index in [1.165, 1.54) is 32.0 Å². The molecule has 1 aliphatic heterocycles. The zero-order valence-corrected chi connectivity index (χ0v) is 17.4. The second kappa shape index (κ2) is 11.6. The van der Waals surface area contributed by atoms with Gasteiger partial charge >= 0.3 is 0 Å². The Bertz CT molecular complexity index is 548. The number of hydrogen-bond donors (Lipinski definition) is 2. The van der Waals surface area contributed by atoms with Crippen molar-refractivity contribution in [2.24, 2.45) is 10.9 Å². The van der Waals surface area contributed by atoms with Crippen LogP contribution in [0, 0.1) is 17.6 Å². The number of nitrogens with zero attached hydrogens (tertiary/aromatic N) is 2. The Morgan fingerprint density at radius 1 is 1.24 bits per heavy atom. The lowest BCUT2D eigenvalue weighted by molar-refractivity contribution is 0.287. The number of halogens is 3. The number of benzene rings is 1. The average molecular weight is 466 g/mol.